The SMILES string of the molecule is CCN(Cc1ccc(C#N)cc1)C(C)CC(=O)O. The van der Waals surface area contributed by atoms with Crippen molar-refractivity contribution >= 4 is 5.97 Å². The topological polar surface area (TPSA) is 64.3 Å². The summed E-state index contributed by atoms with van der Waals surface area (Å²) < 4.78 is 0. The Morgan fingerprint density at radius 1 is 1.44 bits per heavy atom. The molecule has 4 heteroatoms. The number of carboxylic acid groups (broad SMARTS) is 1. The maximum absolute atomic E-state index is 10.7. The number of nitriles is 1. The molecule has 1 rings (SSSR count). The van der Waals surface area contributed by atoms with Crippen molar-refractivity contribution in [2.45, 2.75) is 32.9 Å². The Bertz CT molecular complexity index is 434. The molecule has 1 atom stereocenters. The summed E-state index contributed by atoms with van der Waals surface area (Å²) in [5.74, 6) is -0.777. The van der Waals surface area contributed by atoms with E-state index in [2.05, 4.69) is 11.0 Å². The standard InChI is InChI=1S/C14H18N2O2/c1-3-16(11(2)8-14(17)18)10-13-6-4-12(9-15)5-7-13/h4-7,11H,3,8,10H2,1-2H3,(H,17,18). The van der Waals surface area contributed by atoms with Crippen LogP contribution in [0.4, 0.5) is 0 Å². The average Bonchev–Trinajstić information content (AvgIpc) is 2.35. The average molecular weight is 246 g/mol. The zero-order valence-electron chi connectivity index (χ0n) is 10.8. The van der Waals surface area contributed by atoms with Crippen LogP contribution in [0, 0.1) is 11.3 Å². The van der Waals surface area contributed by atoms with E-state index in [-0.39, 0.29) is 12.5 Å². The molecule has 0 amide bonds. The fraction of sp³-hybridized carbons (Fsp3) is 0.429. The molecule has 1 aromatic rings. The molecule has 18 heavy (non-hydrogen) atoms. The number of hydrogen-bond donors (Lipinski definition) is 1. The van der Waals surface area contributed by atoms with Crippen molar-refractivity contribution in [1.82, 2.24) is 4.90 Å². The van der Waals surface area contributed by atoms with Crippen molar-refractivity contribution in [1.29, 1.82) is 5.26 Å². The molecule has 96 valence electrons. The number of rotatable bonds is 6. The highest BCUT2D eigenvalue weighted by atomic mass is 16.4. The molecule has 0 bridgehead atoms. The molecule has 0 aliphatic rings. The van der Waals surface area contributed by atoms with E-state index in [1.807, 2.05) is 26.0 Å². The van der Waals surface area contributed by atoms with Gasteiger partial charge in [-0.2, -0.15) is 5.26 Å². The lowest BCUT2D eigenvalue weighted by Crippen LogP contribution is -2.34. The Kier molecular flexibility index (Phi) is 5.34. The molecule has 0 aromatic heterocycles. The van der Waals surface area contributed by atoms with Crippen LogP contribution in [0.3, 0.4) is 0 Å². The van der Waals surface area contributed by atoms with Gasteiger partial charge in [-0.3, -0.25) is 9.69 Å². The molecule has 0 spiro atoms. The Morgan fingerprint density at radius 2 is 2.06 bits per heavy atom. The second-order valence-electron chi connectivity index (χ2n) is 4.32. The molecular formula is C14H18N2O2. The molecule has 1 unspecified atom stereocenters. The highest BCUT2D eigenvalue weighted by Gasteiger charge is 2.15. The van der Waals surface area contributed by atoms with Crippen LogP contribution >= 0.6 is 0 Å². The molecule has 0 saturated carbocycles. The van der Waals surface area contributed by atoms with E-state index in [4.69, 9.17) is 10.4 Å². The van der Waals surface area contributed by atoms with Crippen LogP contribution < -0.4 is 0 Å². The van der Waals surface area contributed by atoms with Crippen LogP contribution in [0.15, 0.2) is 24.3 Å². The first-order valence-corrected chi connectivity index (χ1v) is 6.01. The first-order valence-electron chi connectivity index (χ1n) is 6.01. The smallest absolute Gasteiger partial charge is 0.304 e. The number of aliphatic carboxylic acids is 1. The van der Waals surface area contributed by atoms with Gasteiger partial charge in [0.15, 0.2) is 0 Å². The third-order valence-corrected chi connectivity index (χ3v) is 2.97. The summed E-state index contributed by atoms with van der Waals surface area (Å²) in [5, 5.41) is 17.5. The number of benzene rings is 1. The van der Waals surface area contributed by atoms with Gasteiger partial charge in [-0.15, -0.1) is 0 Å². The fourth-order valence-electron chi connectivity index (χ4n) is 1.88. The summed E-state index contributed by atoms with van der Waals surface area (Å²) in [4.78, 5) is 12.8. The van der Waals surface area contributed by atoms with Crippen LogP contribution in [0.25, 0.3) is 0 Å². The quantitative estimate of drug-likeness (QED) is 0.836. The van der Waals surface area contributed by atoms with E-state index >= 15 is 0 Å². The number of carboxylic acids is 1. The largest absolute Gasteiger partial charge is 0.481 e. The molecule has 0 radical (unpaired) electrons. The minimum atomic E-state index is -0.777. The molecule has 4 nitrogen and oxygen atoms in total. The van der Waals surface area contributed by atoms with Crippen LogP contribution in [-0.4, -0.2) is 28.6 Å². The minimum absolute atomic E-state index is 0.00291. The minimum Gasteiger partial charge on any atom is -0.481 e. The predicted octanol–water partition coefficient (Wildman–Crippen LogP) is 2.24. The second kappa shape index (κ2) is 6.77. The summed E-state index contributed by atoms with van der Waals surface area (Å²) in [5.41, 5.74) is 1.73. The first kappa shape index (κ1) is 14.2. The van der Waals surface area contributed by atoms with Crippen molar-refractivity contribution in [3.63, 3.8) is 0 Å². The molecule has 0 aliphatic carbocycles. The van der Waals surface area contributed by atoms with Crippen LogP contribution in [0.2, 0.25) is 0 Å². The summed E-state index contributed by atoms with van der Waals surface area (Å²) in [7, 11) is 0. The van der Waals surface area contributed by atoms with Crippen molar-refractivity contribution in [2.24, 2.45) is 0 Å². The Hall–Kier alpha value is -1.86. The second-order valence-corrected chi connectivity index (χ2v) is 4.32. The highest BCUT2D eigenvalue weighted by molar-refractivity contribution is 5.67. The Morgan fingerprint density at radius 3 is 2.50 bits per heavy atom. The van der Waals surface area contributed by atoms with E-state index in [1.54, 1.807) is 12.1 Å². The summed E-state index contributed by atoms with van der Waals surface area (Å²) in [6, 6.07) is 9.47. The first-order chi connectivity index (χ1) is 8.56. The molecule has 0 heterocycles. The van der Waals surface area contributed by atoms with E-state index in [0.29, 0.717) is 12.1 Å². The molecule has 0 saturated heterocycles. The normalized spacial score (nSPS) is 12.1. The number of hydrogen-bond acceptors (Lipinski definition) is 3. The monoisotopic (exact) mass is 246 g/mol. The van der Waals surface area contributed by atoms with E-state index in [9.17, 15) is 4.79 Å². The molecular weight excluding hydrogens is 228 g/mol. The van der Waals surface area contributed by atoms with Gasteiger partial charge < -0.3 is 5.11 Å². The zero-order chi connectivity index (χ0) is 13.5. The summed E-state index contributed by atoms with van der Waals surface area (Å²) >= 11 is 0. The van der Waals surface area contributed by atoms with Crippen molar-refractivity contribution in [2.75, 3.05) is 6.54 Å². The van der Waals surface area contributed by atoms with Gasteiger partial charge in [0, 0.05) is 12.6 Å². The predicted molar refractivity (Wildman–Crippen MR) is 69.0 cm³/mol. The van der Waals surface area contributed by atoms with Crippen LogP contribution in [-0.2, 0) is 11.3 Å². The fourth-order valence-corrected chi connectivity index (χ4v) is 1.88. The van der Waals surface area contributed by atoms with E-state index < -0.39 is 5.97 Å². The highest BCUT2D eigenvalue weighted by Crippen LogP contribution is 2.11. The number of nitrogens with zero attached hydrogens (tertiary/aromatic N) is 2. The summed E-state index contributed by atoms with van der Waals surface area (Å²) in [6.07, 6.45) is 0.143. The maximum atomic E-state index is 10.7. The number of carbonyl (C=O) groups is 1. The lowest BCUT2D eigenvalue weighted by molar-refractivity contribution is -0.138. The summed E-state index contributed by atoms with van der Waals surface area (Å²) in [6.45, 7) is 5.44. The van der Waals surface area contributed by atoms with E-state index in [1.165, 1.54) is 0 Å². The third-order valence-electron chi connectivity index (χ3n) is 2.97. The Balaban J connectivity index is 2.67. The zero-order valence-corrected chi connectivity index (χ0v) is 10.8. The van der Waals surface area contributed by atoms with E-state index in [0.717, 1.165) is 12.1 Å². The molecule has 0 aliphatic heterocycles. The van der Waals surface area contributed by atoms with Gasteiger partial charge in [0.2, 0.25) is 0 Å². The third kappa shape index (κ3) is 4.19. The molecule has 1 aromatic carbocycles. The lowest BCUT2D eigenvalue weighted by Gasteiger charge is -2.26. The van der Waals surface area contributed by atoms with Gasteiger partial charge in [0.1, 0.15) is 0 Å². The van der Waals surface area contributed by atoms with Gasteiger partial charge >= 0.3 is 5.97 Å². The van der Waals surface area contributed by atoms with Crippen molar-refractivity contribution < 1.29 is 9.90 Å². The van der Waals surface area contributed by atoms with Crippen LogP contribution in [0.1, 0.15) is 31.4 Å². The van der Waals surface area contributed by atoms with Gasteiger partial charge in [-0.1, -0.05) is 19.1 Å². The van der Waals surface area contributed by atoms with Gasteiger partial charge in [0.05, 0.1) is 18.1 Å². The van der Waals surface area contributed by atoms with Crippen molar-refractivity contribution in [3.05, 3.63) is 35.4 Å². The van der Waals surface area contributed by atoms with Gasteiger partial charge in [-0.05, 0) is 31.2 Å². The Labute approximate surface area is 107 Å². The van der Waals surface area contributed by atoms with Crippen LogP contribution in [0.5, 0.6) is 0 Å². The van der Waals surface area contributed by atoms with Gasteiger partial charge in [-0.25, -0.2) is 0 Å². The van der Waals surface area contributed by atoms with Gasteiger partial charge in [0.25, 0.3) is 0 Å². The lowest BCUT2D eigenvalue weighted by atomic mass is 10.1. The van der Waals surface area contributed by atoms with Crippen molar-refractivity contribution in [3.8, 4) is 6.07 Å². The molecule has 1 N–H and O–H groups in total. The maximum Gasteiger partial charge on any atom is 0.304 e. The molecule has 0 fully saturated rings.